The average Bonchev–Trinajstić information content (AvgIpc) is 2.82. The highest BCUT2D eigenvalue weighted by molar-refractivity contribution is 5.73. The third-order valence-electron chi connectivity index (χ3n) is 2.82. The zero-order chi connectivity index (χ0) is 14.7. The topological polar surface area (TPSA) is 100 Å². The molecular weight excluding hydrogens is 264 g/mol. The van der Waals surface area contributed by atoms with Gasteiger partial charge in [-0.1, -0.05) is 11.3 Å². The first-order valence-electron chi connectivity index (χ1n) is 5.72. The zero-order valence-electron chi connectivity index (χ0n) is 10.9. The van der Waals surface area contributed by atoms with Crippen molar-refractivity contribution in [3.63, 3.8) is 0 Å². The number of nitrogens with zero attached hydrogens (tertiary/aromatic N) is 4. The van der Waals surface area contributed by atoms with Gasteiger partial charge in [-0.25, -0.2) is 4.68 Å². The molecule has 2 rings (SSSR count). The quantitative estimate of drug-likeness (QED) is 0.465. The van der Waals surface area contributed by atoms with Crippen molar-refractivity contribution in [2.45, 2.75) is 13.5 Å². The number of aryl methyl sites for hydroxylation is 1. The van der Waals surface area contributed by atoms with E-state index >= 15 is 0 Å². The first kappa shape index (κ1) is 13.8. The number of carbonyl (C=O) groups is 1. The van der Waals surface area contributed by atoms with Crippen molar-refractivity contribution in [1.82, 2.24) is 15.0 Å². The molecule has 0 radical (unpaired) electrons. The van der Waals surface area contributed by atoms with E-state index in [0.717, 1.165) is 5.56 Å². The van der Waals surface area contributed by atoms with Crippen LogP contribution in [-0.2, 0) is 11.3 Å². The highest BCUT2D eigenvalue weighted by Gasteiger charge is 2.17. The van der Waals surface area contributed by atoms with Crippen molar-refractivity contribution in [2.75, 3.05) is 7.11 Å². The number of carbonyl (C=O) groups excluding carboxylic acids is 1. The maximum atomic E-state index is 10.9. The number of nitro benzene ring substituents is 1. The van der Waals surface area contributed by atoms with Crippen molar-refractivity contribution < 1.29 is 14.5 Å². The molecule has 0 saturated carbocycles. The van der Waals surface area contributed by atoms with Crippen LogP contribution in [0.1, 0.15) is 21.7 Å². The second kappa shape index (κ2) is 5.57. The number of hydrogen-bond acceptors (Lipinski definition) is 6. The minimum absolute atomic E-state index is 0.0582. The molecular formula is C12H12N4O4. The lowest BCUT2D eigenvalue weighted by atomic mass is 10.1. The van der Waals surface area contributed by atoms with E-state index in [-0.39, 0.29) is 18.0 Å². The summed E-state index contributed by atoms with van der Waals surface area (Å²) in [5.41, 5.74) is 1.81. The van der Waals surface area contributed by atoms with E-state index in [4.69, 9.17) is 4.74 Å². The maximum Gasteiger partial charge on any atom is 0.271 e. The van der Waals surface area contributed by atoms with Crippen molar-refractivity contribution in [3.8, 4) is 5.69 Å². The van der Waals surface area contributed by atoms with E-state index in [1.165, 1.54) is 23.9 Å². The minimum Gasteiger partial charge on any atom is -0.378 e. The van der Waals surface area contributed by atoms with Gasteiger partial charge in [-0.05, 0) is 12.5 Å². The molecule has 1 aromatic heterocycles. The molecule has 0 fully saturated rings. The highest BCUT2D eigenvalue weighted by Crippen LogP contribution is 2.22. The Morgan fingerprint density at radius 3 is 2.85 bits per heavy atom. The lowest BCUT2D eigenvalue weighted by Gasteiger charge is -2.08. The summed E-state index contributed by atoms with van der Waals surface area (Å²) in [7, 11) is 1.48. The van der Waals surface area contributed by atoms with Gasteiger partial charge in [0.1, 0.15) is 5.69 Å². The SMILES string of the molecule is COCc1c(C=O)nnn1-c1cc([N+](=O)[O-])ccc1C. The number of non-ortho nitro benzene ring substituents is 1. The molecule has 0 unspecified atom stereocenters. The van der Waals surface area contributed by atoms with Gasteiger partial charge in [-0.15, -0.1) is 5.10 Å². The van der Waals surface area contributed by atoms with Crippen LogP contribution < -0.4 is 0 Å². The fraction of sp³-hybridized carbons (Fsp3) is 0.250. The van der Waals surface area contributed by atoms with Crippen molar-refractivity contribution in [1.29, 1.82) is 0 Å². The van der Waals surface area contributed by atoms with E-state index in [0.29, 0.717) is 17.7 Å². The van der Waals surface area contributed by atoms with Gasteiger partial charge in [0.2, 0.25) is 0 Å². The molecule has 0 saturated heterocycles. The first-order chi connectivity index (χ1) is 9.58. The summed E-state index contributed by atoms with van der Waals surface area (Å²) in [6.07, 6.45) is 0.574. The number of rotatable bonds is 5. The molecule has 20 heavy (non-hydrogen) atoms. The third kappa shape index (κ3) is 2.41. The Morgan fingerprint density at radius 1 is 1.50 bits per heavy atom. The van der Waals surface area contributed by atoms with Crippen LogP contribution in [0.25, 0.3) is 5.69 Å². The summed E-state index contributed by atoms with van der Waals surface area (Å²) in [6.45, 7) is 1.92. The second-order valence-corrected chi connectivity index (χ2v) is 4.11. The Kier molecular flexibility index (Phi) is 3.85. The molecule has 0 amide bonds. The Balaban J connectivity index is 2.61. The molecule has 2 aromatic rings. The van der Waals surface area contributed by atoms with Crippen LogP contribution in [0.15, 0.2) is 18.2 Å². The summed E-state index contributed by atoms with van der Waals surface area (Å²) >= 11 is 0. The van der Waals surface area contributed by atoms with E-state index in [1.807, 2.05) is 0 Å². The monoisotopic (exact) mass is 276 g/mol. The smallest absolute Gasteiger partial charge is 0.271 e. The Labute approximate surface area is 114 Å². The predicted molar refractivity (Wildman–Crippen MR) is 68.9 cm³/mol. The molecule has 104 valence electrons. The number of aromatic nitrogens is 3. The minimum atomic E-state index is -0.490. The second-order valence-electron chi connectivity index (χ2n) is 4.11. The molecule has 0 atom stereocenters. The van der Waals surface area contributed by atoms with Gasteiger partial charge in [0.05, 0.1) is 17.2 Å². The number of nitro groups is 1. The zero-order valence-corrected chi connectivity index (χ0v) is 10.9. The average molecular weight is 276 g/mol. The fourth-order valence-corrected chi connectivity index (χ4v) is 1.81. The van der Waals surface area contributed by atoms with Crippen LogP contribution in [0.4, 0.5) is 5.69 Å². The summed E-state index contributed by atoms with van der Waals surface area (Å²) < 4.78 is 6.40. The largest absolute Gasteiger partial charge is 0.378 e. The van der Waals surface area contributed by atoms with Gasteiger partial charge < -0.3 is 4.74 Å². The van der Waals surface area contributed by atoms with Gasteiger partial charge in [-0.3, -0.25) is 14.9 Å². The summed E-state index contributed by atoms with van der Waals surface area (Å²) in [4.78, 5) is 21.3. The van der Waals surface area contributed by atoms with Crippen LogP contribution in [0.2, 0.25) is 0 Å². The predicted octanol–water partition coefficient (Wildman–Crippen LogP) is 1.44. The number of benzene rings is 1. The molecule has 1 aromatic carbocycles. The van der Waals surface area contributed by atoms with Crippen molar-refractivity contribution in [2.24, 2.45) is 0 Å². The van der Waals surface area contributed by atoms with E-state index < -0.39 is 4.92 Å². The number of aldehydes is 1. The number of methoxy groups -OCH3 is 1. The molecule has 0 aliphatic carbocycles. The Hall–Kier alpha value is -2.61. The molecule has 0 bridgehead atoms. The van der Waals surface area contributed by atoms with Crippen LogP contribution in [-0.4, -0.2) is 33.3 Å². The lowest BCUT2D eigenvalue weighted by molar-refractivity contribution is -0.384. The molecule has 1 heterocycles. The lowest BCUT2D eigenvalue weighted by Crippen LogP contribution is -2.07. The summed E-state index contributed by atoms with van der Waals surface area (Å²) in [5, 5.41) is 18.5. The Bertz CT molecular complexity index is 665. The first-order valence-corrected chi connectivity index (χ1v) is 5.72. The Morgan fingerprint density at radius 2 is 2.25 bits per heavy atom. The fourth-order valence-electron chi connectivity index (χ4n) is 1.81. The van der Waals surface area contributed by atoms with Gasteiger partial charge in [-0.2, -0.15) is 0 Å². The molecule has 8 nitrogen and oxygen atoms in total. The van der Waals surface area contributed by atoms with E-state index in [2.05, 4.69) is 10.3 Å². The molecule has 0 N–H and O–H groups in total. The summed E-state index contributed by atoms with van der Waals surface area (Å²) in [5.74, 6) is 0. The van der Waals surface area contributed by atoms with Crippen LogP contribution in [0.5, 0.6) is 0 Å². The standard InChI is InChI=1S/C12H12N4O4/c1-8-3-4-9(16(18)19)5-11(8)15-12(7-20-2)10(6-17)13-14-15/h3-6H,7H2,1-2H3. The summed E-state index contributed by atoms with van der Waals surface area (Å²) in [6, 6.07) is 4.41. The number of ether oxygens (including phenoxy) is 1. The molecule has 0 aliphatic heterocycles. The van der Waals surface area contributed by atoms with Crippen molar-refractivity contribution in [3.05, 3.63) is 45.3 Å². The third-order valence-corrected chi connectivity index (χ3v) is 2.82. The normalized spacial score (nSPS) is 10.5. The maximum absolute atomic E-state index is 10.9. The van der Waals surface area contributed by atoms with E-state index in [1.54, 1.807) is 13.0 Å². The van der Waals surface area contributed by atoms with Gasteiger partial charge in [0.25, 0.3) is 5.69 Å². The van der Waals surface area contributed by atoms with Gasteiger partial charge in [0, 0.05) is 19.2 Å². The molecule has 0 aliphatic rings. The van der Waals surface area contributed by atoms with E-state index in [9.17, 15) is 14.9 Å². The van der Waals surface area contributed by atoms with Gasteiger partial charge >= 0.3 is 0 Å². The number of hydrogen-bond donors (Lipinski definition) is 0. The van der Waals surface area contributed by atoms with Crippen LogP contribution in [0.3, 0.4) is 0 Å². The molecule has 0 spiro atoms. The highest BCUT2D eigenvalue weighted by atomic mass is 16.6. The van der Waals surface area contributed by atoms with Gasteiger partial charge in [0.15, 0.2) is 12.0 Å². The molecule has 8 heteroatoms. The van der Waals surface area contributed by atoms with Crippen LogP contribution in [0, 0.1) is 17.0 Å². The van der Waals surface area contributed by atoms with Crippen LogP contribution >= 0.6 is 0 Å². The van der Waals surface area contributed by atoms with Crippen molar-refractivity contribution >= 4 is 12.0 Å².